The van der Waals surface area contributed by atoms with Crippen molar-refractivity contribution < 1.29 is 26.3 Å². The largest absolute Gasteiger partial charge is 0.391 e. The molecule has 1 fully saturated rings. The van der Waals surface area contributed by atoms with E-state index in [1.807, 2.05) is 0 Å². The van der Waals surface area contributed by atoms with Gasteiger partial charge in [0.05, 0.1) is 5.92 Å². The summed E-state index contributed by atoms with van der Waals surface area (Å²) in [6.07, 6.45) is -4.72. The van der Waals surface area contributed by atoms with Crippen LogP contribution in [0.3, 0.4) is 0 Å². The molecule has 0 aromatic heterocycles. The zero-order valence-electron chi connectivity index (χ0n) is 9.70. The van der Waals surface area contributed by atoms with Gasteiger partial charge in [-0.3, -0.25) is 0 Å². The van der Waals surface area contributed by atoms with Gasteiger partial charge in [-0.05, 0) is 37.1 Å². The third kappa shape index (κ3) is 3.02. The number of rotatable bonds is 1. The summed E-state index contributed by atoms with van der Waals surface area (Å²) in [7, 11) is 0. The molecule has 1 aliphatic rings. The lowest BCUT2D eigenvalue weighted by atomic mass is 9.88. The van der Waals surface area contributed by atoms with E-state index in [1.165, 1.54) is 0 Å². The van der Waals surface area contributed by atoms with E-state index in [0.29, 0.717) is 0 Å². The molecule has 1 aliphatic heterocycles. The maximum absolute atomic E-state index is 13.1. The molecule has 2 unspecified atom stereocenters. The maximum atomic E-state index is 13.1. The van der Waals surface area contributed by atoms with Gasteiger partial charge in [0.1, 0.15) is 0 Å². The number of hydrogen-bond donors (Lipinski definition) is 1. The van der Waals surface area contributed by atoms with Crippen LogP contribution in [0.15, 0.2) is 12.1 Å². The quantitative estimate of drug-likeness (QED) is 0.612. The van der Waals surface area contributed by atoms with E-state index in [9.17, 15) is 26.3 Å². The molecule has 7 heteroatoms. The van der Waals surface area contributed by atoms with Crippen molar-refractivity contribution in [2.75, 3.05) is 6.54 Å². The number of nitrogens with one attached hydrogen (secondary N) is 1. The molecule has 106 valence electrons. The molecule has 2 atom stereocenters. The first kappa shape index (κ1) is 14.2. The molecule has 1 heterocycles. The minimum atomic E-state index is -4.34. The lowest BCUT2D eigenvalue weighted by molar-refractivity contribution is -0.183. The van der Waals surface area contributed by atoms with E-state index in [1.54, 1.807) is 0 Å². The van der Waals surface area contributed by atoms with Crippen molar-refractivity contribution in [3.05, 3.63) is 35.1 Å². The fourth-order valence-electron chi connectivity index (χ4n) is 2.25. The van der Waals surface area contributed by atoms with E-state index >= 15 is 0 Å². The van der Waals surface area contributed by atoms with Crippen LogP contribution in [0, 0.1) is 23.4 Å². The molecule has 19 heavy (non-hydrogen) atoms. The molecule has 1 aromatic carbocycles. The Morgan fingerprint density at radius 2 is 1.63 bits per heavy atom. The van der Waals surface area contributed by atoms with E-state index in [-0.39, 0.29) is 24.9 Å². The average molecular weight is 283 g/mol. The third-order valence-electron chi connectivity index (χ3n) is 3.28. The molecule has 0 saturated carbocycles. The Labute approximate surface area is 105 Å². The standard InChI is InChI=1S/C12H11F6N/c13-8-3-6(4-9(14)11(8)15)10-5-7(1-2-19-10)12(16,17)18/h3-4,7,10,19H,1-2,5H2. The van der Waals surface area contributed by atoms with Gasteiger partial charge >= 0.3 is 6.18 Å². The Balaban J connectivity index is 2.22. The zero-order valence-corrected chi connectivity index (χ0v) is 9.70. The van der Waals surface area contributed by atoms with E-state index in [4.69, 9.17) is 0 Å². The van der Waals surface area contributed by atoms with Crippen molar-refractivity contribution in [2.45, 2.75) is 25.1 Å². The average Bonchev–Trinajstić information content (AvgIpc) is 2.34. The zero-order chi connectivity index (χ0) is 14.2. The summed E-state index contributed by atoms with van der Waals surface area (Å²) in [4.78, 5) is 0. The molecule has 0 spiro atoms. The SMILES string of the molecule is Fc1cc(C2CC(C(F)(F)F)CCN2)cc(F)c1F. The van der Waals surface area contributed by atoms with Gasteiger partial charge in [0.2, 0.25) is 0 Å². The summed E-state index contributed by atoms with van der Waals surface area (Å²) in [5.41, 5.74) is -0.00894. The summed E-state index contributed by atoms with van der Waals surface area (Å²) in [6, 6.07) is 0.633. The van der Waals surface area contributed by atoms with Gasteiger partial charge in [0.15, 0.2) is 17.5 Å². The number of alkyl halides is 3. The highest BCUT2D eigenvalue weighted by Crippen LogP contribution is 2.38. The van der Waals surface area contributed by atoms with Gasteiger partial charge in [0.25, 0.3) is 0 Å². The van der Waals surface area contributed by atoms with Gasteiger partial charge in [-0.15, -0.1) is 0 Å². The molecule has 1 aromatic rings. The summed E-state index contributed by atoms with van der Waals surface area (Å²) in [6.45, 7) is 0.0927. The summed E-state index contributed by atoms with van der Waals surface area (Å²) in [5.74, 6) is -5.93. The fourth-order valence-corrected chi connectivity index (χ4v) is 2.25. The minimum absolute atomic E-state index is 0.00894. The third-order valence-corrected chi connectivity index (χ3v) is 3.28. The Kier molecular flexibility index (Phi) is 3.75. The molecule has 0 radical (unpaired) electrons. The lowest BCUT2D eigenvalue weighted by Gasteiger charge is -2.31. The normalized spacial score (nSPS) is 24.5. The first-order valence-electron chi connectivity index (χ1n) is 5.73. The number of halogens is 6. The second kappa shape index (κ2) is 5.03. The molecule has 1 N–H and O–H groups in total. The minimum Gasteiger partial charge on any atom is -0.310 e. The fraction of sp³-hybridized carbons (Fsp3) is 0.500. The second-order valence-corrected chi connectivity index (χ2v) is 4.57. The van der Waals surface area contributed by atoms with E-state index < -0.39 is 35.6 Å². The van der Waals surface area contributed by atoms with Crippen LogP contribution in [0.1, 0.15) is 24.4 Å². The first-order chi connectivity index (χ1) is 8.79. The highest BCUT2D eigenvalue weighted by Gasteiger charge is 2.42. The van der Waals surface area contributed by atoms with Crippen LogP contribution < -0.4 is 5.32 Å². The van der Waals surface area contributed by atoms with Crippen molar-refractivity contribution >= 4 is 0 Å². The van der Waals surface area contributed by atoms with Crippen molar-refractivity contribution in [3.8, 4) is 0 Å². The molecular weight excluding hydrogens is 272 g/mol. The smallest absolute Gasteiger partial charge is 0.310 e. The number of hydrogen-bond acceptors (Lipinski definition) is 1. The molecule has 2 rings (SSSR count). The van der Waals surface area contributed by atoms with Crippen LogP contribution in [-0.2, 0) is 0 Å². The van der Waals surface area contributed by atoms with Crippen molar-refractivity contribution in [1.29, 1.82) is 0 Å². The van der Waals surface area contributed by atoms with E-state index in [2.05, 4.69) is 5.32 Å². The highest BCUT2D eigenvalue weighted by atomic mass is 19.4. The lowest BCUT2D eigenvalue weighted by Crippen LogP contribution is -2.38. The van der Waals surface area contributed by atoms with E-state index in [0.717, 1.165) is 12.1 Å². The summed E-state index contributed by atoms with van der Waals surface area (Å²) < 4.78 is 76.8. The molecule has 0 bridgehead atoms. The summed E-state index contributed by atoms with van der Waals surface area (Å²) in [5, 5.41) is 2.76. The van der Waals surface area contributed by atoms with Crippen molar-refractivity contribution in [2.24, 2.45) is 5.92 Å². The Morgan fingerprint density at radius 1 is 1.05 bits per heavy atom. The van der Waals surface area contributed by atoms with Crippen LogP contribution in [0.4, 0.5) is 26.3 Å². The van der Waals surface area contributed by atoms with Crippen LogP contribution in [0.5, 0.6) is 0 Å². The maximum Gasteiger partial charge on any atom is 0.391 e. The number of piperidine rings is 1. The number of benzene rings is 1. The monoisotopic (exact) mass is 283 g/mol. The van der Waals surface area contributed by atoms with Crippen LogP contribution in [-0.4, -0.2) is 12.7 Å². The van der Waals surface area contributed by atoms with Gasteiger partial charge in [0, 0.05) is 6.04 Å². The first-order valence-corrected chi connectivity index (χ1v) is 5.73. The van der Waals surface area contributed by atoms with Crippen molar-refractivity contribution in [3.63, 3.8) is 0 Å². The predicted molar refractivity (Wildman–Crippen MR) is 55.8 cm³/mol. The molecular formula is C12H11F6N. The summed E-state index contributed by atoms with van der Waals surface area (Å²) >= 11 is 0. The van der Waals surface area contributed by atoms with Gasteiger partial charge in [-0.2, -0.15) is 13.2 Å². The van der Waals surface area contributed by atoms with Crippen LogP contribution >= 0.6 is 0 Å². The molecule has 0 amide bonds. The Morgan fingerprint density at radius 3 is 2.16 bits per heavy atom. The highest BCUT2D eigenvalue weighted by molar-refractivity contribution is 5.23. The Bertz CT molecular complexity index is 447. The van der Waals surface area contributed by atoms with Crippen molar-refractivity contribution in [1.82, 2.24) is 5.32 Å². The Hall–Kier alpha value is -1.24. The van der Waals surface area contributed by atoms with Gasteiger partial charge < -0.3 is 5.32 Å². The van der Waals surface area contributed by atoms with Crippen LogP contribution in [0.2, 0.25) is 0 Å². The molecule has 1 saturated heterocycles. The molecule has 1 nitrogen and oxygen atoms in total. The second-order valence-electron chi connectivity index (χ2n) is 4.57. The topological polar surface area (TPSA) is 12.0 Å². The van der Waals surface area contributed by atoms with Gasteiger partial charge in [-0.1, -0.05) is 0 Å². The predicted octanol–water partition coefficient (Wildman–Crippen LogP) is 3.71. The van der Waals surface area contributed by atoms with Gasteiger partial charge in [-0.25, -0.2) is 13.2 Å². The molecule has 0 aliphatic carbocycles. The van der Waals surface area contributed by atoms with Crippen LogP contribution in [0.25, 0.3) is 0 Å².